The SMILES string of the molecule is Clc1ccc(OCc2cccc(-c3nn[nH]n3)c2)c(Cl)c1. The molecule has 21 heavy (non-hydrogen) atoms. The summed E-state index contributed by atoms with van der Waals surface area (Å²) in [5.74, 6) is 1.13. The molecule has 1 heterocycles. The van der Waals surface area contributed by atoms with Crippen LogP contribution >= 0.6 is 23.2 Å². The van der Waals surface area contributed by atoms with Crippen LogP contribution in [-0.2, 0) is 6.61 Å². The van der Waals surface area contributed by atoms with Gasteiger partial charge in [-0.15, -0.1) is 10.2 Å². The van der Waals surface area contributed by atoms with Crippen LogP contribution in [0.4, 0.5) is 0 Å². The molecule has 0 amide bonds. The quantitative estimate of drug-likeness (QED) is 0.795. The predicted octanol–water partition coefficient (Wildman–Crippen LogP) is 3.75. The minimum atomic E-state index is 0.382. The maximum Gasteiger partial charge on any atom is 0.204 e. The predicted molar refractivity (Wildman–Crippen MR) is 80.4 cm³/mol. The molecule has 3 aromatic rings. The lowest BCUT2D eigenvalue weighted by atomic mass is 10.1. The second kappa shape index (κ2) is 6.11. The maximum atomic E-state index is 6.07. The first kappa shape index (κ1) is 13.9. The number of hydrogen-bond acceptors (Lipinski definition) is 4. The second-order valence-corrected chi connectivity index (χ2v) is 5.14. The monoisotopic (exact) mass is 320 g/mol. The maximum absolute atomic E-state index is 6.07. The first-order chi connectivity index (χ1) is 10.2. The molecule has 0 aliphatic carbocycles. The van der Waals surface area contributed by atoms with E-state index in [0.717, 1.165) is 11.1 Å². The third-order valence-electron chi connectivity index (χ3n) is 2.82. The third-order valence-corrected chi connectivity index (χ3v) is 3.35. The van der Waals surface area contributed by atoms with Crippen LogP contribution in [0.15, 0.2) is 42.5 Å². The van der Waals surface area contributed by atoms with Crippen LogP contribution in [0.25, 0.3) is 11.4 Å². The fourth-order valence-electron chi connectivity index (χ4n) is 1.84. The smallest absolute Gasteiger partial charge is 0.204 e. The molecule has 0 saturated carbocycles. The van der Waals surface area contributed by atoms with Crippen LogP contribution in [0, 0.1) is 0 Å². The second-order valence-electron chi connectivity index (χ2n) is 4.30. The molecule has 0 spiro atoms. The van der Waals surface area contributed by atoms with Gasteiger partial charge in [0.25, 0.3) is 0 Å². The molecule has 0 unspecified atom stereocenters. The topological polar surface area (TPSA) is 63.7 Å². The molecule has 1 aromatic heterocycles. The fraction of sp³-hybridized carbons (Fsp3) is 0.0714. The van der Waals surface area contributed by atoms with Crippen LogP contribution in [0.2, 0.25) is 10.0 Å². The van der Waals surface area contributed by atoms with E-state index in [0.29, 0.717) is 28.2 Å². The molecule has 0 fully saturated rings. The molecular weight excluding hydrogens is 311 g/mol. The molecular formula is C14H10Cl2N4O. The van der Waals surface area contributed by atoms with E-state index >= 15 is 0 Å². The van der Waals surface area contributed by atoms with Gasteiger partial charge in [-0.2, -0.15) is 5.21 Å². The van der Waals surface area contributed by atoms with Gasteiger partial charge in [-0.3, -0.25) is 0 Å². The van der Waals surface area contributed by atoms with Gasteiger partial charge in [-0.05, 0) is 35.0 Å². The third kappa shape index (κ3) is 3.32. The lowest BCUT2D eigenvalue weighted by molar-refractivity contribution is 0.306. The summed E-state index contributed by atoms with van der Waals surface area (Å²) in [5, 5.41) is 14.9. The number of aromatic amines is 1. The van der Waals surface area contributed by atoms with Gasteiger partial charge in [0, 0.05) is 10.6 Å². The molecule has 7 heteroatoms. The first-order valence-corrected chi connectivity index (χ1v) is 6.88. The number of benzene rings is 2. The summed E-state index contributed by atoms with van der Waals surface area (Å²) < 4.78 is 5.70. The highest BCUT2D eigenvalue weighted by molar-refractivity contribution is 6.35. The number of rotatable bonds is 4. The zero-order valence-electron chi connectivity index (χ0n) is 10.8. The van der Waals surface area contributed by atoms with E-state index in [4.69, 9.17) is 27.9 Å². The van der Waals surface area contributed by atoms with Gasteiger partial charge in [0.2, 0.25) is 5.82 Å². The Morgan fingerprint density at radius 3 is 2.76 bits per heavy atom. The summed E-state index contributed by atoms with van der Waals surface area (Å²) in [6, 6.07) is 12.8. The summed E-state index contributed by atoms with van der Waals surface area (Å²) in [6.45, 7) is 0.382. The fourth-order valence-corrected chi connectivity index (χ4v) is 2.30. The van der Waals surface area contributed by atoms with E-state index in [2.05, 4.69) is 20.6 Å². The van der Waals surface area contributed by atoms with Crippen molar-refractivity contribution in [2.45, 2.75) is 6.61 Å². The van der Waals surface area contributed by atoms with Crippen molar-refractivity contribution >= 4 is 23.2 Å². The first-order valence-electron chi connectivity index (χ1n) is 6.13. The Bertz CT molecular complexity index is 746. The zero-order chi connectivity index (χ0) is 14.7. The Kier molecular flexibility index (Phi) is 4.03. The molecule has 0 bridgehead atoms. The van der Waals surface area contributed by atoms with Crippen molar-refractivity contribution in [2.75, 3.05) is 0 Å². The standard InChI is InChI=1S/C14H10Cl2N4O/c15-11-4-5-13(12(16)7-11)21-8-9-2-1-3-10(6-9)14-17-19-20-18-14/h1-7H,8H2,(H,17,18,19,20). The van der Waals surface area contributed by atoms with E-state index in [1.165, 1.54) is 0 Å². The number of nitrogens with one attached hydrogen (secondary N) is 1. The molecule has 0 radical (unpaired) electrons. The molecule has 3 rings (SSSR count). The van der Waals surface area contributed by atoms with Gasteiger partial charge in [0.05, 0.1) is 5.02 Å². The van der Waals surface area contributed by atoms with Gasteiger partial charge < -0.3 is 4.74 Å². The lowest BCUT2D eigenvalue weighted by Gasteiger charge is -2.08. The molecule has 0 aliphatic rings. The van der Waals surface area contributed by atoms with Gasteiger partial charge in [-0.25, -0.2) is 0 Å². The molecule has 0 atom stereocenters. The molecule has 1 N–H and O–H groups in total. The highest BCUT2D eigenvalue weighted by Crippen LogP contribution is 2.28. The molecule has 0 saturated heterocycles. The van der Waals surface area contributed by atoms with E-state index in [1.54, 1.807) is 18.2 Å². The minimum absolute atomic E-state index is 0.382. The number of hydrogen-bond donors (Lipinski definition) is 1. The number of aromatic nitrogens is 4. The number of nitrogens with zero attached hydrogens (tertiary/aromatic N) is 3. The molecule has 5 nitrogen and oxygen atoms in total. The number of ether oxygens (including phenoxy) is 1. The average molecular weight is 321 g/mol. The van der Waals surface area contributed by atoms with Crippen LogP contribution in [0.1, 0.15) is 5.56 Å². The molecule has 2 aromatic carbocycles. The van der Waals surface area contributed by atoms with E-state index in [9.17, 15) is 0 Å². The van der Waals surface area contributed by atoms with Gasteiger partial charge >= 0.3 is 0 Å². The Hall–Kier alpha value is -2.11. The normalized spacial score (nSPS) is 10.6. The summed E-state index contributed by atoms with van der Waals surface area (Å²) in [6.07, 6.45) is 0. The van der Waals surface area contributed by atoms with Crippen LogP contribution in [0.3, 0.4) is 0 Å². The highest BCUT2D eigenvalue weighted by Gasteiger charge is 2.06. The number of halogens is 2. The van der Waals surface area contributed by atoms with Crippen molar-refractivity contribution in [1.29, 1.82) is 0 Å². The Labute approximate surface area is 130 Å². The Morgan fingerprint density at radius 1 is 1.10 bits per heavy atom. The van der Waals surface area contributed by atoms with Crippen LogP contribution in [0.5, 0.6) is 5.75 Å². The largest absolute Gasteiger partial charge is 0.487 e. The molecule has 106 valence electrons. The van der Waals surface area contributed by atoms with Crippen LogP contribution < -0.4 is 4.74 Å². The minimum Gasteiger partial charge on any atom is -0.487 e. The van der Waals surface area contributed by atoms with Crippen molar-refractivity contribution in [3.63, 3.8) is 0 Å². The highest BCUT2D eigenvalue weighted by atomic mass is 35.5. The van der Waals surface area contributed by atoms with Crippen molar-refractivity contribution in [3.05, 3.63) is 58.1 Å². The van der Waals surface area contributed by atoms with E-state index < -0.39 is 0 Å². The zero-order valence-corrected chi connectivity index (χ0v) is 12.3. The summed E-state index contributed by atoms with van der Waals surface area (Å²) >= 11 is 11.9. The average Bonchev–Trinajstić information content (AvgIpc) is 3.01. The van der Waals surface area contributed by atoms with Gasteiger partial charge in [0.15, 0.2) is 0 Å². The lowest BCUT2D eigenvalue weighted by Crippen LogP contribution is -1.96. The summed E-state index contributed by atoms with van der Waals surface area (Å²) in [7, 11) is 0. The van der Waals surface area contributed by atoms with Crippen LogP contribution in [-0.4, -0.2) is 20.6 Å². The molecule has 0 aliphatic heterocycles. The number of tetrazole rings is 1. The Balaban J connectivity index is 1.75. The van der Waals surface area contributed by atoms with E-state index in [1.807, 2.05) is 24.3 Å². The van der Waals surface area contributed by atoms with Gasteiger partial charge in [-0.1, -0.05) is 41.4 Å². The van der Waals surface area contributed by atoms with Crippen molar-refractivity contribution in [3.8, 4) is 17.1 Å². The summed E-state index contributed by atoms with van der Waals surface area (Å²) in [4.78, 5) is 0. The van der Waals surface area contributed by atoms with Crippen molar-refractivity contribution in [1.82, 2.24) is 20.6 Å². The van der Waals surface area contributed by atoms with Crippen molar-refractivity contribution in [2.24, 2.45) is 0 Å². The number of H-pyrrole nitrogens is 1. The Morgan fingerprint density at radius 2 is 2.00 bits per heavy atom. The van der Waals surface area contributed by atoms with Crippen molar-refractivity contribution < 1.29 is 4.74 Å². The van der Waals surface area contributed by atoms with Gasteiger partial charge in [0.1, 0.15) is 12.4 Å². The summed E-state index contributed by atoms with van der Waals surface area (Å²) in [5.41, 5.74) is 1.84. The van der Waals surface area contributed by atoms with E-state index in [-0.39, 0.29) is 0 Å².